The summed E-state index contributed by atoms with van der Waals surface area (Å²) in [6.07, 6.45) is 3.53. The Balaban J connectivity index is 2.66. The summed E-state index contributed by atoms with van der Waals surface area (Å²) in [4.78, 5) is 11.1. The van der Waals surface area contributed by atoms with Gasteiger partial charge < -0.3 is 4.74 Å². The van der Waals surface area contributed by atoms with E-state index >= 15 is 0 Å². The maximum atomic E-state index is 11.1. The first-order valence-electron chi connectivity index (χ1n) is 4.79. The second-order valence-corrected chi connectivity index (χ2v) is 4.38. The third kappa shape index (κ3) is 2.33. The Bertz CT molecular complexity index is 238. The average molecular weight is 182 g/mol. The van der Waals surface area contributed by atoms with Crippen molar-refractivity contribution in [2.45, 2.75) is 46.1 Å². The molecule has 0 aromatic rings. The largest absolute Gasteiger partial charge is 0.459 e. The highest BCUT2D eigenvalue weighted by Gasteiger charge is 2.41. The third-order valence-electron chi connectivity index (χ3n) is 2.78. The SMILES string of the molecule is CC(C)=CC[C@]1(C)OC(=O)C[C@H]1C. The molecule has 0 aromatic heterocycles. The molecule has 0 N–H and O–H groups in total. The fourth-order valence-electron chi connectivity index (χ4n) is 1.52. The average Bonchev–Trinajstić information content (AvgIpc) is 2.23. The van der Waals surface area contributed by atoms with Gasteiger partial charge in [-0.3, -0.25) is 4.79 Å². The Morgan fingerprint density at radius 3 is 2.69 bits per heavy atom. The Labute approximate surface area is 80.0 Å². The standard InChI is InChI=1S/C11H18O2/c1-8(2)5-6-11(4)9(3)7-10(12)13-11/h5,9H,6-7H2,1-4H3/t9-,11+/m1/s1. The van der Waals surface area contributed by atoms with Crippen LogP contribution in [-0.4, -0.2) is 11.6 Å². The summed E-state index contributed by atoms with van der Waals surface area (Å²) in [6, 6.07) is 0. The molecule has 0 bridgehead atoms. The van der Waals surface area contributed by atoms with Gasteiger partial charge in [0.15, 0.2) is 0 Å². The van der Waals surface area contributed by atoms with Gasteiger partial charge in [0.05, 0.1) is 6.42 Å². The van der Waals surface area contributed by atoms with Crippen LogP contribution in [0.4, 0.5) is 0 Å². The predicted molar refractivity (Wildman–Crippen MR) is 52.3 cm³/mol. The van der Waals surface area contributed by atoms with Gasteiger partial charge in [-0.25, -0.2) is 0 Å². The molecule has 1 aliphatic rings. The van der Waals surface area contributed by atoms with Crippen molar-refractivity contribution in [2.24, 2.45) is 5.92 Å². The molecule has 2 atom stereocenters. The molecule has 1 heterocycles. The van der Waals surface area contributed by atoms with Crippen LogP contribution in [0, 0.1) is 5.92 Å². The van der Waals surface area contributed by atoms with Gasteiger partial charge in [0.2, 0.25) is 0 Å². The molecular weight excluding hydrogens is 164 g/mol. The fourth-order valence-corrected chi connectivity index (χ4v) is 1.52. The first-order valence-corrected chi connectivity index (χ1v) is 4.79. The highest BCUT2D eigenvalue weighted by Crippen LogP contribution is 2.35. The molecule has 0 spiro atoms. The lowest BCUT2D eigenvalue weighted by atomic mass is 9.87. The normalized spacial score (nSPS) is 32.9. The van der Waals surface area contributed by atoms with Crippen molar-refractivity contribution in [1.82, 2.24) is 0 Å². The van der Waals surface area contributed by atoms with Crippen molar-refractivity contribution in [3.05, 3.63) is 11.6 Å². The molecule has 1 saturated heterocycles. The molecule has 1 fully saturated rings. The minimum atomic E-state index is -0.269. The number of carbonyl (C=O) groups is 1. The Morgan fingerprint density at radius 2 is 2.31 bits per heavy atom. The van der Waals surface area contributed by atoms with Gasteiger partial charge in [0.25, 0.3) is 0 Å². The van der Waals surface area contributed by atoms with E-state index in [1.807, 2.05) is 6.92 Å². The van der Waals surface area contributed by atoms with E-state index < -0.39 is 0 Å². The van der Waals surface area contributed by atoms with Gasteiger partial charge in [0, 0.05) is 12.3 Å². The zero-order valence-electron chi connectivity index (χ0n) is 8.89. The lowest BCUT2D eigenvalue weighted by Crippen LogP contribution is -2.29. The van der Waals surface area contributed by atoms with Crippen molar-refractivity contribution < 1.29 is 9.53 Å². The molecular formula is C11H18O2. The second kappa shape index (κ2) is 3.52. The minimum absolute atomic E-state index is 0.0582. The van der Waals surface area contributed by atoms with E-state index in [9.17, 15) is 4.79 Å². The summed E-state index contributed by atoms with van der Waals surface area (Å²) in [6.45, 7) is 8.21. The van der Waals surface area contributed by atoms with Crippen LogP contribution in [0.1, 0.15) is 40.5 Å². The van der Waals surface area contributed by atoms with Gasteiger partial charge in [-0.15, -0.1) is 0 Å². The van der Waals surface area contributed by atoms with E-state index in [0.717, 1.165) is 6.42 Å². The molecule has 0 aromatic carbocycles. The van der Waals surface area contributed by atoms with Gasteiger partial charge in [-0.1, -0.05) is 18.6 Å². The molecule has 2 nitrogen and oxygen atoms in total. The minimum Gasteiger partial charge on any atom is -0.459 e. The zero-order valence-corrected chi connectivity index (χ0v) is 8.89. The molecule has 0 aliphatic carbocycles. The zero-order chi connectivity index (χ0) is 10.1. The summed E-state index contributed by atoms with van der Waals surface area (Å²) in [5, 5.41) is 0. The van der Waals surface area contributed by atoms with E-state index in [1.165, 1.54) is 5.57 Å². The maximum Gasteiger partial charge on any atom is 0.306 e. The topological polar surface area (TPSA) is 26.3 Å². The molecule has 0 radical (unpaired) electrons. The van der Waals surface area contributed by atoms with Crippen LogP contribution in [-0.2, 0) is 9.53 Å². The Hall–Kier alpha value is -0.790. The number of cyclic esters (lactones) is 1. The molecule has 2 heteroatoms. The first kappa shape index (κ1) is 10.3. The molecule has 0 amide bonds. The Morgan fingerprint density at radius 1 is 1.69 bits per heavy atom. The second-order valence-electron chi connectivity index (χ2n) is 4.38. The van der Waals surface area contributed by atoms with Crippen LogP contribution in [0.25, 0.3) is 0 Å². The highest BCUT2D eigenvalue weighted by atomic mass is 16.6. The summed E-state index contributed by atoms with van der Waals surface area (Å²) in [7, 11) is 0. The van der Waals surface area contributed by atoms with Crippen molar-refractivity contribution >= 4 is 5.97 Å². The number of ether oxygens (including phenoxy) is 1. The number of carbonyl (C=O) groups excluding carboxylic acids is 1. The van der Waals surface area contributed by atoms with E-state index in [2.05, 4.69) is 26.8 Å². The summed E-state index contributed by atoms with van der Waals surface area (Å²) in [5.41, 5.74) is 1.00. The summed E-state index contributed by atoms with van der Waals surface area (Å²) < 4.78 is 5.33. The van der Waals surface area contributed by atoms with Gasteiger partial charge in [-0.2, -0.15) is 0 Å². The van der Waals surface area contributed by atoms with E-state index in [-0.39, 0.29) is 11.6 Å². The molecule has 13 heavy (non-hydrogen) atoms. The van der Waals surface area contributed by atoms with Crippen molar-refractivity contribution in [1.29, 1.82) is 0 Å². The molecule has 0 saturated carbocycles. The molecule has 1 aliphatic heterocycles. The number of rotatable bonds is 2. The predicted octanol–water partition coefficient (Wildman–Crippen LogP) is 2.68. The van der Waals surface area contributed by atoms with Crippen molar-refractivity contribution in [2.75, 3.05) is 0 Å². The van der Waals surface area contributed by atoms with E-state index in [1.54, 1.807) is 0 Å². The van der Waals surface area contributed by atoms with Crippen molar-refractivity contribution in [3.63, 3.8) is 0 Å². The van der Waals surface area contributed by atoms with Crippen LogP contribution < -0.4 is 0 Å². The van der Waals surface area contributed by atoms with Crippen LogP contribution in [0.15, 0.2) is 11.6 Å². The quantitative estimate of drug-likeness (QED) is 0.485. The molecule has 74 valence electrons. The Kier molecular flexibility index (Phi) is 2.79. The molecule has 0 unspecified atom stereocenters. The molecule has 1 rings (SSSR count). The number of hydrogen-bond acceptors (Lipinski definition) is 2. The monoisotopic (exact) mass is 182 g/mol. The van der Waals surface area contributed by atoms with Crippen molar-refractivity contribution in [3.8, 4) is 0 Å². The van der Waals surface area contributed by atoms with Crippen LogP contribution >= 0.6 is 0 Å². The van der Waals surface area contributed by atoms with E-state index in [0.29, 0.717) is 12.3 Å². The lowest BCUT2D eigenvalue weighted by molar-refractivity contribution is -0.147. The maximum absolute atomic E-state index is 11.1. The lowest BCUT2D eigenvalue weighted by Gasteiger charge is -2.25. The van der Waals surface area contributed by atoms with E-state index in [4.69, 9.17) is 4.74 Å². The van der Waals surface area contributed by atoms with Crippen LogP contribution in [0.3, 0.4) is 0 Å². The fraction of sp³-hybridized carbons (Fsp3) is 0.727. The highest BCUT2D eigenvalue weighted by molar-refractivity contribution is 5.72. The van der Waals surface area contributed by atoms with Gasteiger partial charge >= 0.3 is 5.97 Å². The van der Waals surface area contributed by atoms with Gasteiger partial charge in [-0.05, 0) is 20.8 Å². The van der Waals surface area contributed by atoms with Crippen LogP contribution in [0.5, 0.6) is 0 Å². The number of esters is 1. The number of allylic oxidation sites excluding steroid dienone is 1. The first-order chi connectivity index (χ1) is 5.94. The third-order valence-corrected chi connectivity index (χ3v) is 2.78. The van der Waals surface area contributed by atoms with Gasteiger partial charge in [0.1, 0.15) is 5.60 Å². The number of hydrogen-bond donors (Lipinski definition) is 0. The summed E-state index contributed by atoms with van der Waals surface area (Å²) >= 11 is 0. The summed E-state index contributed by atoms with van der Waals surface area (Å²) in [5.74, 6) is 0.271. The van der Waals surface area contributed by atoms with Crippen LogP contribution in [0.2, 0.25) is 0 Å². The smallest absolute Gasteiger partial charge is 0.306 e.